The first kappa shape index (κ1) is 20.1. The minimum absolute atomic E-state index is 0.0593. The van der Waals surface area contributed by atoms with Crippen LogP contribution in [-0.4, -0.2) is 23.7 Å². The first-order chi connectivity index (χ1) is 12.1. The number of halogens is 1. The summed E-state index contributed by atoms with van der Waals surface area (Å²) in [6, 6.07) is 4.55. The van der Waals surface area contributed by atoms with Gasteiger partial charge in [-0.25, -0.2) is 4.79 Å². The number of rotatable bonds is 7. The third-order valence-corrected chi connectivity index (χ3v) is 4.48. The third-order valence-electron chi connectivity index (χ3n) is 4.18. The minimum Gasteiger partial charge on any atom is -0.492 e. The molecule has 0 aromatic heterocycles. The summed E-state index contributed by atoms with van der Waals surface area (Å²) in [6.45, 7) is 8.32. The van der Waals surface area contributed by atoms with Gasteiger partial charge in [0.1, 0.15) is 5.75 Å². The van der Waals surface area contributed by atoms with E-state index in [0.717, 1.165) is 11.1 Å². The van der Waals surface area contributed by atoms with Crippen LogP contribution in [0.3, 0.4) is 0 Å². The Bertz CT molecular complexity index is 728. The summed E-state index contributed by atoms with van der Waals surface area (Å²) in [6.07, 6.45) is 1.53. The van der Waals surface area contributed by atoms with E-state index >= 15 is 0 Å². The second-order valence-corrected chi connectivity index (χ2v) is 7.91. The maximum Gasteiger partial charge on any atom is 0.319 e. The molecule has 0 radical (unpaired) electrons. The molecule has 1 unspecified atom stereocenters. The van der Waals surface area contributed by atoms with Gasteiger partial charge in [0.05, 0.1) is 24.1 Å². The molecule has 0 saturated heterocycles. The maximum atomic E-state index is 11.8. The van der Waals surface area contributed by atoms with Crippen molar-refractivity contribution < 1.29 is 19.4 Å². The van der Waals surface area contributed by atoms with Crippen LogP contribution in [0.1, 0.15) is 45.7 Å². The lowest BCUT2D eigenvalue weighted by molar-refractivity contribution is -0.138. The quantitative estimate of drug-likeness (QED) is 0.664. The molecule has 2 amide bonds. The summed E-state index contributed by atoms with van der Waals surface area (Å²) < 4.78 is 5.68. The van der Waals surface area contributed by atoms with E-state index in [-0.39, 0.29) is 12.5 Å². The molecule has 0 bridgehead atoms. The van der Waals surface area contributed by atoms with Crippen molar-refractivity contribution in [1.29, 1.82) is 0 Å². The number of urea groups is 1. The van der Waals surface area contributed by atoms with Gasteiger partial charge in [-0.2, -0.15) is 0 Å². The van der Waals surface area contributed by atoms with E-state index in [0.29, 0.717) is 23.3 Å². The largest absolute Gasteiger partial charge is 0.492 e. The van der Waals surface area contributed by atoms with Gasteiger partial charge in [0.25, 0.3) is 0 Å². The van der Waals surface area contributed by atoms with Crippen LogP contribution in [0.2, 0.25) is 5.02 Å². The van der Waals surface area contributed by atoms with Crippen LogP contribution < -0.4 is 15.4 Å². The van der Waals surface area contributed by atoms with Crippen LogP contribution in [0.5, 0.6) is 5.75 Å². The molecule has 0 aliphatic carbocycles. The molecular weight excluding hydrogens is 356 g/mol. The zero-order valence-electron chi connectivity index (χ0n) is 15.4. The van der Waals surface area contributed by atoms with E-state index in [1.54, 1.807) is 18.3 Å². The number of carbonyl (C=O) groups excluding carboxylic acids is 1. The fraction of sp³-hybridized carbons (Fsp3) is 0.474. The summed E-state index contributed by atoms with van der Waals surface area (Å²) in [7, 11) is 0. The first-order valence-corrected chi connectivity index (χ1v) is 8.89. The lowest BCUT2D eigenvalue weighted by Gasteiger charge is -2.36. The van der Waals surface area contributed by atoms with Gasteiger partial charge in [-0.1, -0.05) is 45.4 Å². The number of benzene rings is 1. The molecule has 2 rings (SSSR count). The molecule has 7 heteroatoms. The highest BCUT2D eigenvalue weighted by Gasteiger charge is 2.35. The summed E-state index contributed by atoms with van der Waals surface area (Å²) in [5.41, 5.74) is 0.883. The molecule has 1 aromatic rings. The highest BCUT2D eigenvalue weighted by atomic mass is 35.5. The molecule has 1 aliphatic heterocycles. The zero-order valence-corrected chi connectivity index (χ0v) is 16.2. The molecule has 26 heavy (non-hydrogen) atoms. The van der Waals surface area contributed by atoms with Gasteiger partial charge in [0, 0.05) is 11.6 Å². The monoisotopic (exact) mass is 380 g/mol. The number of carbonyl (C=O) groups is 2. The minimum atomic E-state index is -0.901. The molecule has 6 nitrogen and oxygen atoms in total. The normalized spacial score (nSPS) is 17.4. The van der Waals surface area contributed by atoms with Crippen LogP contribution in [0.15, 0.2) is 30.0 Å². The number of carboxylic acids is 1. The molecule has 1 aliphatic rings. The third kappa shape index (κ3) is 4.91. The maximum absolute atomic E-state index is 11.8. The highest BCUT2D eigenvalue weighted by Crippen LogP contribution is 2.41. The van der Waals surface area contributed by atoms with Gasteiger partial charge in [-0.15, -0.1) is 0 Å². The Hall–Kier alpha value is -2.21. The van der Waals surface area contributed by atoms with Gasteiger partial charge in [0.15, 0.2) is 0 Å². The van der Waals surface area contributed by atoms with Gasteiger partial charge < -0.3 is 20.5 Å². The Labute approximate surface area is 158 Å². The Morgan fingerprint density at radius 1 is 1.38 bits per heavy atom. The predicted octanol–water partition coefficient (Wildman–Crippen LogP) is 4.11. The Morgan fingerprint density at radius 2 is 2.08 bits per heavy atom. The van der Waals surface area contributed by atoms with Crippen molar-refractivity contribution in [3.63, 3.8) is 0 Å². The topological polar surface area (TPSA) is 87.7 Å². The van der Waals surface area contributed by atoms with Crippen LogP contribution in [-0.2, 0) is 4.79 Å². The van der Waals surface area contributed by atoms with Crippen molar-refractivity contribution >= 4 is 23.6 Å². The SMILES string of the molecule is CC(C)COc1ccc(C2NC(=O)NC=C2C(C)(C)CC(=O)O)cc1Cl. The molecule has 3 N–H and O–H groups in total. The van der Waals surface area contributed by atoms with Crippen LogP contribution >= 0.6 is 11.6 Å². The predicted molar refractivity (Wildman–Crippen MR) is 100 cm³/mol. The van der Waals surface area contributed by atoms with Crippen molar-refractivity contribution in [3.8, 4) is 5.75 Å². The van der Waals surface area contributed by atoms with Crippen LogP contribution in [0.4, 0.5) is 4.79 Å². The smallest absolute Gasteiger partial charge is 0.319 e. The van der Waals surface area contributed by atoms with E-state index in [1.165, 1.54) is 0 Å². The van der Waals surface area contributed by atoms with E-state index in [4.69, 9.17) is 16.3 Å². The summed E-state index contributed by atoms with van der Waals surface area (Å²) >= 11 is 6.35. The van der Waals surface area contributed by atoms with Crippen molar-refractivity contribution in [2.45, 2.75) is 40.2 Å². The fourth-order valence-corrected chi connectivity index (χ4v) is 3.12. The number of hydrogen-bond acceptors (Lipinski definition) is 3. The van der Waals surface area contributed by atoms with Gasteiger partial charge in [-0.05, 0) is 29.2 Å². The Kier molecular flexibility index (Phi) is 6.18. The van der Waals surface area contributed by atoms with Crippen molar-refractivity contribution in [2.75, 3.05) is 6.61 Å². The van der Waals surface area contributed by atoms with Crippen LogP contribution in [0, 0.1) is 11.3 Å². The van der Waals surface area contributed by atoms with E-state index in [1.807, 2.05) is 19.9 Å². The molecule has 142 valence electrons. The van der Waals surface area contributed by atoms with Gasteiger partial charge in [-0.3, -0.25) is 4.79 Å². The van der Waals surface area contributed by atoms with Crippen molar-refractivity contribution in [2.24, 2.45) is 11.3 Å². The lowest BCUT2D eigenvalue weighted by Crippen LogP contribution is -2.44. The second kappa shape index (κ2) is 7.99. The average Bonchev–Trinajstić information content (AvgIpc) is 2.52. The Balaban J connectivity index is 2.33. The fourth-order valence-electron chi connectivity index (χ4n) is 2.88. The number of aliphatic carboxylic acids is 1. The summed E-state index contributed by atoms with van der Waals surface area (Å²) in [5.74, 6) is 0.0579. The standard InChI is InChI=1S/C19H25ClN2O4/c1-11(2)10-26-15-6-5-12(7-14(15)20)17-13(9-21-18(25)22-17)19(3,4)8-16(23)24/h5-7,9,11,17H,8,10H2,1-4H3,(H,23,24)(H2,21,22,25). The number of ether oxygens (including phenoxy) is 1. The summed E-state index contributed by atoms with van der Waals surface area (Å²) in [4.78, 5) is 23.0. The molecule has 0 fully saturated rings. The lowest BCUT2D eigenvalue weighted by atomic mass is 9.75. The first-order valence-electron chi connectivity index (χ1n) is 8.52. The number of carboxylic acid groups (broad SMARTS) is 1. The van der Waals surface area contributed by atoms with Gasteiger partial charge in [0.2, 0.25) is 0 Å². The Morgan fingerprint density at radius 3 is 2.65 bits per heavy atom. The van der Waals surface area contributed by atoms with Crippen molar-refractivity contribution in [3.05, 3.63) is 40.6 Å². The average molecular weight is 381 g/mol. The zero-order chi connectivity index (χ0) is 19.5. The molecular formula is C19H25ClN2O4. The highest BCUT2D eigenvalue weighted by molar-refractivity contribution is 6.32. The number of amides is 2. The van der Waals surface area contributed by atoms with E-state index in [9.17, 15) is 14.7 Å². The second-order valence-electron chi connectivity index (χ2n) is 7.50. The number of hydrogen-bond donors (Lipinski definition) is 3. The molecule has 1 aromatic carbocycles. The molecule has 1 heterocycles. The summed E-state index contributed by atoms with van der Waals surface area (Å²) in [5, 5.41) is 15.1. The molecule has 0 spiro atoms. The molecule has 1 atom stereocenters. The molecule has 0 saturated carbocycles. The van der Waals surface area contributed by atoms with Crippen molar-refractivity contribution in [1.82, 2.24) is 10.6 Å². The number of nitrogens with one attached hydrogen (secondary N) is 2. The van der Waals surface area contributed by atoms with Crippen LogP contribution in [0.25, 0.3) is 0 Å². The van der Waals surface area contributed by atoms with E-state index < -0.39 is 17.4 Å². The van der Waals surface area contributed by atoms with Gasteiger partial charge >= 0.3 is 12.0 Å². The van der Waals surface area contributed by atoms with E-state index in [2.05, 4.69) is 24.5 Å².